The Morgan fingerprint density at radius 2 is 1.82 bits per heavy atom. The number of hydrogen-bond acceptors (Lipinski definition) is 5. The summed E-state index contributed by atoms with van der Waals surface area (Å²) >= 11 is 0. The highest BCUT2D eigenvalue weighted by Gasteiger charge is 2.34. The summed E-state index contributed by atoms with van der Waals surface area (Å²) in [5.74, 6) is 0.00947. The van der Waals surface area contributed by atoms with Gasteiger partial charge >= 0.3 is 0 Å². The molecule has 4 rings (SSSR count). The number of aryl methyl sites for hydroxylation is 1. The van der Waals surface area contributed by atoms with Gasteiger partial charge in [0.15, 0.2) is 0 Å². The van der Waals surface area contributed by atoms with Gasteiger partial charge in [0.1, 0.15) is 23.4 Å². The Labute approximate surface area is 198 Å². The SMILES string of the molecule is COc1ccc(S(=O)(=O)N2CCC(C(=O)N[C@@H](c3ccccc3F)c3nccn3C)CC2)cc1. The molecule has 0 saturated carbocycles. The van der Waals surface area contributed by atoms with E-state index in [1.807, 2.05) is 0 Å². The third-order valence-corrected chi connectivity index (χ3v) is 8.05. The summed E-state index contributed by atoms with van der Waals surface area (Å²) < 4.78 is 48.8. The van der Waals surface area contributed by atoms with Gasteiger partial charge in [0, 0.05) is 44.0 Å². The van der Waals surface area contributed by atoms with E-state index in [0.29, 0.717) is 30.0 Å². The molecule has 0 bridgehead atoms. The van der Waals surface area contributed by atoms with Gasteiger partial charge in [-0.3, -0.25) is 4.79 Å². The predicted molar refractivity (Wildman–Crippen MR) is 124 cm³/mol. The van der Waals surface area contributed by atoms with Crippen molar-refractivity contribution in [2.75, 3.05) is 20.2 Å². The van der Waals surface area contributed by atoms with Gasteiger partial charge in [-0.1, -0.05) is 18.2 Å². The topological polar surface area (TPSA) is 93.5 Å². The third-order valence-electron chi connectivity index (χ3n) is 6.14. The van der Waals surface area contributed by atoms with Crippen molar-refractivity contribution in [3.8, 4) is 5.75 Å². The van der Waals surface area contributed by atoms with Crippen molar-refractivity contribution in [1.82, 2.24) is 19.2 Å². The lowest BCUT2D eigenvalue weighted by atomic mass is 9.96. The van der Waals surface area contributed by atoms with Crippen LogP contribution in [0.25, 0.3) is 0 Å². The number of aromatic nitrogens is 2. The molecule has 34 heavy (non-hydrogen) atoms. The lowest BCUT2D eigenvalue weighted by molar-refractivity contribution is -0.126. The Hall–Kier alpha value is -3.24. The van der Waals surface area contributed by atoms with Crippen molar-refractivity contribution in [2.24, 2.45) is 13.0 Å². The van der Waals surface area contributed by atoms with Crippen LogP contribution in [0, 0.1) is 11.7 Å². The highest BCUT2D eigenvalue weighted by atomic mass is 32.2. The van der Waals surface area contributed by atoms with Crippen molar-refractivity contribution < 1.29 is 22.3 Å². The van der Waals surface area contributed by atoms with E-state index >= 15 is 0 Å². The van der Waals surface area contributed by atoms with Gasteiger partial charge in [-0.25, -0.2) is 17.8 Å². The first-order valence-electron chi connectivity index (χ1n) is 11.0. The minimum atomic E-state index is -3.67. The lowest BCUT2D eigenvalue weighted by Gasteiger charge is -2.31. The first-order chi connectivity index (χ1) is 16.3. The highest BCUT2D eigenvalue weighted by molar-refractivity contribution is 7.89. The Morgan fingerprint density at radius 3 is 2.41 bits per heavy atom. The second-order valence-corrected chi connectivity index (χ2v) is 10.2. The van der Waals surface area contributed by atoms with Crippen LogP contribution in [0.2, 0.25) is 0 Å². The standard InChI is InChI=1S/C24H27FN4O4S/c1-28-16-13-26-23(28)22(20-5-3-4-6-21(20)25)27-24(30)17-11-14-29(15-12-17)34(31,32)19-9-7-18(33-2)8-10-19/h3-10,13,16-17,22H,11-12,14-15H2,1-2H3,(H,27,30)/t22-/m0/s1. The molecule has 2 heterocycles. The predicted octanol–water partition coefficient (Wildman–Crippen LogP) is 2.87. The van der Waals surface area contributed by atoms with Crippen LogP contribution in [0.5, 0.6) is 5.75 Å². The largest absolute Gasteiger partial charge is 0.497 e. The molecule has 1 aromatic heterocycles. The number of methoxy groups -OCH3 is 1. The zero-order valence-electron chi connectivity index (χ0n) is 19.0. The minimum absolute atomic E-state index is 0.186. The molecule has 2 aromatic carbocycles. The van der Waals surface area contributed by atoms with Crippen LogP contribution in [-0.2, 0) is 21.9 Å². The van der Waals surface area contributed by atoms with Gasteiger partial charge in [-0.2, -0.15) is 4.31 Å². The van der Waals surface area contributed by atoms with Crippen LogP contribution < -0.4 is 10.1 Å². The van der Waals surface area contributed by atoms with Crippen molar-refractivity contribution in [2.45, 2.75) is 23.8 Å². The average Bonchev–Trinajstić information content (AvgIpc) is 3.28. The number of rotatable bonds is 7. The fraction of sp³-hybridized carbons (Fsp3) is 0.333. The van der Waals surface area contributed by atoms with Gasteiger partial charge in [-0.05, 0) is 43.2 Å². The molecule has 1 fully saturated rings. The number of sulfonamides is 1. The Bertz CT molecular complexity index is 1250. The quantitative estimate of drug-likeness (QED) is 0.554. The van der Waals surface area contributed by atoms with E-state index in [1.165, 1.54) is 29.6 Å². The van der Waals surface area contributed by atoms with Crippen LogP contribution in [0.1, 0.15) is 30.3 Å². The monoisotopic (exact) mass is 486 g/mol. The van der Waals surface area contributed by atoms with Crippen LogP contribution in [-0.4, -0.2) is 48.4 Å². The molecule has 1 saturated heterocycles. The maximum Gasteiger partial charge on any atom is 0.243 e. The fourth-order valence-corrected chi connectivity index (χ4v) is 5.63. The molecule has 1 amide bonds. The van der Waals surface area contributed by atoms with Gasteiger partial charge in [0.05, 0.1) is 12.0 Å². The summed E-state index contributed by atoms with van der Waals surface area (Å²) in [6.07, 6.45) is 4.06. The molecular weight excluding hydrogens is 459 g/mol. The lowest BCUT2D eigenvalue weighted by Crippen LogP contribution is -2.44. The van der Waals surface area contributed by atoms with Crippen LogP contribution in [0.3, 0.4) is 0 Å². The second-order valence-electron chi connectivity index (χ2n) is 8.21. The first kappa shape index (κ1) is 23.9. The molecule has 1 aliphatic rings. The average molecular weight is 487 g/mol. The van der Waals surface area contributed by atoms with Crippen molar-refractivity contribution in [3.05, 3.63) is 78.1 Å². The number of halogens is 1. The van der Waals surface area contributed by atoms with E-state index in [-0.39, 0.29) is 23.9 Å². The number of hydrogen-bond donors (Lipinski definition) is 1. The number of nitrogens with zero attached hydrogens (tertiary/aromatic N) is 3. The van der Waals surface area contributed by atoms with E-state index < -0.39 is 27.8 Å². The molecule has 0 spiro atoms. The zero-order chi connectivity index (χ0) is 24.3. The smallest absolute Gasteiger partial charge is 0.243 e. The third kappa shape index (κ3) is 4.83. The van der Waals surface area contributed by atoms with E-state index in [9.17, 15) is 17.6 Å². The Balaban J connectivity index is 1.46. The van der Waals surface area contributed by atoms with E-state index in [0.717, 1.165) is 0 Å². The van der Waals surface area contributed by atoms with Crippen LogP contribution in [0.15, 0.2) is 65.8 Å². The number of amides is 1. The molecule has 0 unspecified atom stereocenters. The molecule has 0 aliphatic carbocycles. The fourth-order valence-electron chi connectivity index (χ4n) is 4.16. The van der Waals surface area contributed by atoms with Crippen molar-refractivity contribution >= 4 is 15.9 Å². The Kier molecular flexibility index (Phi) is 6.99. The van der Waals surface area contributed by atoms with Crippen molar-refractivity contribution in [1.29, 1.82) is 0 Å². The summed E-state index contributed by atoms with van der Waals surface area (Å²) in [7, 11) is -0.365. The molecule has 180 valence electrons. The normalized spacial score (nSPS) is 16.2. The molecule has 1 aliphatic heterocycles. The number of ether oxygens (including phenoxy) is 1. The number of nitrogens with one attached hydrogen (secondary N) is 1. The van der Waals surface area contributed by atoms with Gasteiger partial charge < -0.3 is 14.6 Å². The molecule has 1 N–H and O–H groups in total. The molecule has 1 atom stereocenters. The maximum atomic E-state index is 14.6. The summed E-state index contributed by atoms with van der Waals surface area (Å²) in [5.41, 5.74) is 0.324. The number of piperidine rings is 1. The van der Waals surface area contributed by atoms with Crippen molar-refractivity contribution in [3.63, 3.8) is 0 Å². The number of carbonyl (C=O) groups is 1. The first-order valence-corrected chi connectivity index (χ1v) is 12.4. The van der Waals surface area contributed by atoms with Crippen LogP contribution >= 0.6 is 0 Å². The summed E-state index contributed by atoms with van der Waals surface area (Å²) in [5, 5.41) is 2.94. The maximum absolute atomic E-state index is 14.6. The molecule has 8 nitrogen and oxygen atoms in total. The summed E-state index contributed by atoms with van der Waals surface area (Å²) in [6.45, 7) is 0.443. The number of benzene rings is 2. The molecule has 3 aromatic rings. The minimum Gasteiger partial charge on any atom is -0.497 e. The molecular formula is C24H27FN4O4S. The Morgan fingerprint density at radius 1 is 1.15 bits per heavy atom. The van der Waals surface area contributed by atoms with Crippen LogP contribution in [0.4, 0.5) is 4.39 Å². The van der Waals surface area contributed by atoms with E-state index in [1.54, 1.807) is 54.3 Å². The molecule has 0 radical (unpaired) electrons. The summed E-state index contributed by atoms with van der Waals surface area (Å²) in [6, 6.07) is 11.8. The van der Waals surface area contributed by atoms with E-state index in [2.05, 4.69) is 10.3 Å². The van der Waals surface area contributed by atoms with Gasteiger partial charge in [0.25, 0.3) is 0 Å². The molecule has 10 heteroatoms. The second kappa shape index (κ2) is 9.94. The number of imidazole rings is 1. The zero-order valence-corrected chi connectivity index (χ0v) is 19.8. The number of carbonyl (C=O) groups excluding carboxylic acids is 1. The van der Waals surface area contributed by atoms with Gasteiger partial charge in [0.2, 0.25) is 15.9 Å². The highest BCUT2D eigenvalue weighted by Crippen LogP contribution is 2.28. The van der Waals surface area contributed by atoms with E-state index in [4.69, 9.17) is 4.74 Å². The summed E-state index contributed by atoms with van der Waals surface area (Å²) in [4.78, 5) is 17.6. The van der Waals surface area contributed by atoms with Gasteiger partial charge in [-0.15, -0.1) is 0 Å².